The SMILES string of the molecule is Cc1ccccc1CN(CC(=O)N/N=C\c1cccc(Br)c1)S(=O)(=O)c1ccc(Cl)cc1. The number of hydrogen-bond acceptors (Lipinski definition) is 4. The van der Waals surface area contributed by atoms with Crippen LogP contribution in [0.3, 0.4) is 0 Å². The van der Waals surface area contributed by atoms with Crippen LogP contribution in [0, 0.1) is 6.92 Å². The third-order valence-electron chi connectivity index (χ3n) is 4.63. The van der Waals surface area contributed by atoms with E-state index in [1.54, 1.807) is 0 Å². The average Bonchev–Trinajstić information content (AvgIpc) is 2.75. The quantitative estimate of drug-likeness (QED) is 0.335. The monoisotopic (exact) mass is 533 g/mol. The number of carbonyl (C=O) groups excluding carboxylic acids is 1. The van der Waals surface area contributed by atoms with Gasteiger partial charge in [-0.25, -0.2) is 13.8 Å². The fraction of sp³-hybridized carbons (Fsp3) is 0.130. The first-order valence-corrected chi connectivity index (χ1v) is 12.2. The Morgan fingerprint density at radius 2 is 1.81 bits per heavy atom. The zero-order chi connectivity index (χ0) is 23.1. The highest BCUT2D eigenvalue weighted by atomic mass is 79.9. The lowest BCUT2D eigenvalue weighted by Crippen LogP contribution is -2.39. The van der Waals surface area contributed by atoms with Gasteiger partial charge in [0.15, 0.2) is 0 Å². The number of benzene rings is 3. The fourth-order valence-corrected chi connectivity index (χ4v) is 4.84. The van der Waals surface area contributed by atoms with Crippen molar-refractivity contribution in [2.75, 3.05) is 6.54 Å². The Kier molecular flexibility index (Phi) is 8.20. The lowest BCUT2D eigenvalue weighted by molar-refractivity contribution is -0.121. The van der Waals surface area contributed by atoms with E-state index in [1.807, 2.05) is 55.5 Å². The Bertz CT molecular complexity index is 1230. The maximum Gasteiger partial charge on any atom is 0.255 e. The maximum atomic E-state index is 13.3. The van der Waals surface area contributed by atoms with Gasteiger partial charge in [-0.15, -0.1) is 0 Å². The normalized spacial score (nSPS) is 11.8. The highest BCUT2D eigenvalue weighted by Gasteiger charge is 2.27. The molecule has 3 aromatic rings. The fourth-order valence-electron chi connectivity index (χ4n) is 2.92. The smallest absolute Gasteiger partial charge is 0.255 e. The molecular weight excluding hydrogens is 514 g/mol. The Morgan fingerprint density at radius 1 is 1.09 bits per heavy atom. The summed E-state index contributed by atoms with van der Waals surface area (Å²) in [4.78, 5) is 12.6. The summed E-state index contributed by atoms with van der Waals surface area (Å²) in [6.45, 7) is 1.54. The molecule has 0 saturated carbocycles. The van der Waals surface area contributed by atoms with Gasteiger partial charge in [0.1, 0.15) is 0 Å². The molecule has 0 bridgehead atoms. The Balaban J connectivity index is 1.81. The van der Waals surface area contributed by atoms with Gasteiger partial charge in [0.25, 0.3) is 5.91 Å². The second-order valence-corrected chi connectivity index (χ2v) is 10.3. The molecule has 0 saturated heterocycles. The first-order chi connectivity index (χ1) is 15.3. The standard InChI is InChI=1S/C23H21BrClN3O3S/c1-17-5-2-3-7-19(17)15-28(32(30,31)22-11-9-21(25)10-12-22)16-23(29)27-26-14-18-6-4-8-20(24)13-18/h2-14H,15-16H2,1H3,(H,27,29)/b26-14-. The zero-order valence-electron chi connectivity index (χ0n) is 17.2. The molecule has 0 atom stereocenters. The molecule has 0 heterocycles. The van der Waals surface area contributed by atoms with E-state index < -0.39 is 22.5 Å². The van der Waals surface area contributed by atoms with Crippen molar-refractivity contribution in [2.24, 2.45) is 5.10 Å². The van der Waals surface area contributed by atoms with Crippen molar-refractivity contribution < 1.29 is 13.2 Å². The first-order valence-electron chi connectivity index (χ1n) is 9.63. The molecule has 9 heteroatoms. The van der Waals surface area contributed by atoms with Crippen molar-refractivity contribution in [3.63, 3.8) is 0 Å². The number of rotatable bonds is 8. The third kappa shape index (κ3) is 6.49. The highest BCUT2D eigenvalue weighted by molar-refractivity contribution is 9.10. The summed E-state index contributed by atoms with van der Waals surface area (Å²) in [5.74, 6) is -0.553. The van der Waals surface area contributed by atoms with E-state index in [-0.39, 0.29) is 11.4 Å². The van der Waals surface area contributed by atoms with Crippen molar-refractivity contribution in [2.45, 2.75) is 18.4 Å². The molecule has 3 rings (SSSR count). The number of carbonyl (C=O) groups is 1. The van der Waals surface area contributed by atoms with E-state index in [0.717, 1.165) is 25.5 Å². The molecule has 0 aliphatic rings. The molecule has 32 heavy (non-hydrogen) atoms. The summed E-state index contributed by atoms with van der Waals surface area (Å²) in [5.41, 5.74) is 4.91. The molecule has 3 aromatic carbocycles. The van der Waals surface area contributed by atoms with Gasteiger partial charge in [0.2, 0.25) is 10.0 Å². The van der Waals surface area contributed by atoms with Crippen LogP contribution in [0.5, 0.6) is 0 Å². The second kappa shape index (κ2) is 10.9. The number of halogens is 2. The van der Waals surface area contributed by atoms with Gasteiger partial charge < -0.3 is 0 Å². The number of hydrazone groups is 1. The van der Waals surface area contributed by atoms with E-state index in [9.17, 15) is 13.2 Å². The van der Waals surface area contributed by atoms with Crippen LogP contribution in [0.15, 0.2) is 87.3 Å². The van der Waals surface area contributed by atoms with Crippen molar-refractivity contribution in [3.05, 3.63) is 99.0 Å². The molecule has 6 nitrogen and oxygen atoms in total. The van der Waals surface area contributed by atoms with Gasteiger partial charge in [-0.2, -0.15) is 9.41 Å². The minimum absolute atomic E-state index is 0.0421. The van der Waals surface area contributed by atoms with Gasteiger partial charge in [0, 0.05) is 16.0 Å². The number of amides is 1. The second-order valence-electron chi connectivity index (χ2n) is 7.00. The number of sulfonamides is 1. The Morgan fingerprint density at radius 3 is 2.50 bits per heavy atom. The summed E-state index contributed by atoms with van der Waals surface area (Å²) in [6.07, 6.45) is 1.49. The lowest BCUT2D eigenvalue weighted by Gasteiger charge is -2.22. The summed E-state index contributed by atoms with van der Waals surface area (Å²) in [5, 5.41) is 4.37. The largest absolute Gasteiger partial charge is 0.272 e. The molecule has 0 spiro atoms. The molecule has 1 amide bonds. The molecule has 0 aliphatic heterocycles. The van der Waals surface area contributed by atoms with Crippen LogP contribution in [0.1, 0.15) is 16.7 Å². The van der Waals surface area contributed by atoms with E-state index in [1.165, 1.54) is 30.5 Å². The van der Waals surface area contributed by atoms with E-state index in [4.69, 9.17) is 11.6 Å². The zero-order valence-corrected chi connectivity index (χ0v) is 20.4. The molecule has 0 aliphatic carbocycles. The van der Waals surface area contributed by atoms with Gasteiger partial charge in [0.05, 0.1) is 17.7 Å². The third-order valence-corrected chi connectivity index (χ3v) is 7.18. The van der Waals surface area contributed by atoms with Crippen molar-refractivity contribution in [1.82, 2.24) is 9.73 Å². The average molecular weight is 535 g/mol. The van der Waals surface area contributed by atoms with Gasteiger partial charge >= 0.3 is 0 Å². The molecule has 166 valence electrons. The minimum Gasteiger partial charge on any atom is -0.272 e. The van der Waals surface area contributed by atoms with Gasteiger partial charge in [-0.05, 0) is 60.0 Å². The van der Waals surface area contributed by atoms with E-state index in [0.29, 0.717) is 5.02 Å². The number of hydrogen-bond donors (Lipinski definition) is 1. The van der Waals surface area contributed by atoms with Crippen LogP contribution in [0.25, 0.3) is 0 Å². The molecular formula is C23H21BrClN3O3S. The van der Waals surface area contributed by atoms with Crippen LogP contribution in [0.4, 0.5) is 0 Å². The Labute approximate surface area is 201 Å². The number of nitrogens with zero attached hydrogens (tertiary/aromatic N) is 2. The maximum absolute atomic E-state index is 13.3. The van der Waals surface area contributed by atoms with Crippen molar-refractivity contribution in [1.29, 1.82) is 0 Å². The molecule has 0 aromatic heterocycles. The predicted octanol–water partition coefficient (Wildman–Crippen LogP) is 4.75. The van der Waals surface area contributed by atoms with Gasteiger partial charge in [-0.3, -0.25) is 4.79 Å². The topological polar surface area (TPSA) is 78.8 Å². The molecule has 0 fully saturated rings. The minimum atomic E-state index is -3.95. The molecule has 0 unspecified atom stereocenters. The van der Waals surface area contributed by atoms with Crippen LogP contribution in [0.2, 0.25) is 5.02 Å². The van der Waals surface area contributed by atoms with E-state index in [2.05, 4.69) is 26.5 Å². The first kappa shape index (κ1) is 24.1. The van der Waals surface area contributed by atoms with Crippen LogP contribution >= 0.6 is 27.5 Å². The number of aryl methyl sites for hydroxylation is 1. The van der Waals surface area contributed by atoms with Crippen LogP contribution < -0.4 is 5.43 Å². The van der Waals surface area contributed by atoms with Crippen molar-refractivity contribution in [3.8, 4) is 0 Å². The van der Waals surface area contributed by atoms with E-state index >= 15 is 0 Å². The molecule has 0 radical (unpaired) electrons. The summed E-state index contributed by atoms with van der Waals surface area (Å²) < 4.78 is 28.6. The lowest BCUT2D eigenvalue weighted by atomic mass is 10.1. The predicted molar refractivity (Wildman–Crippen MR) is 130 cm³/mol. The number of nitrogens with one attached hydrogen (secondary N) is 1. The summed E-state index contributed by atoms with van der Waals surface area (Å²) in [6, 6.07) is 20.7. The summed E-state index contributed by atoms with van der Waals surface area (Å²) >= 11 is 9.27. The van der Waals surface area contributed by atoms with Crippen molar-refractivity contribution >= 4 is 49.7 Å². The highest BCUT2D eigenvalue weighted by Crippen LogP contribution is 2.21. The Hall–Kier alpha value is -2.52. The summed E-state index contributed by atoms with van der Waals surface area (Å²) in [7, 11) is -3.95. The van der Waals surface area contributed by atoms with Gasteiger partial charge in [-0.1, -0.05) is 63.9 Å². The molecule has 1 N–H and O–H groups in total. The van der Waals surface area contributed by atoms with Crippen LogP contribution in [-0.4, -0.2) is 31.4 Å². The van der Waals surface area contributed by atoms with Crippen LogP contribution in [-0.2, 0) is 21.4 Å².